The first-order valence-corrected chi connectivity index (χ1v) is 2.87. The monoisotopic (exact) mass is 108 g/mol. The van der Waals surface area contributed by atoms with Crippen LogP contribution in [0.15, 0.2) is 18.3 Å². The molecule has 0 fully saturated rings. The average molecular weight is 108 g/mol. The van der Waals surface area contributed by atoms with Gasteiger partial charge in [0.25, 0.3) is 0 Å². The summed E-state index contributed by atoms with van der Waals surface area (Å²) in [6, 6.07) is 4.20. The van der Waals surface area contributed by atoms with Gasteiger partial charge in [-0.25, -0.2) is 0 Å². The van der Waals surface area contributed by atoms with Gasteiger partial charge >= 0.3 is 0 Å². The molecule has 0 atom stereocenters. The van der Waals surface area contributed by atoms with Crippen molar-refractivity contribution in [2.75, 3.05) is 12.0 Å². The largest absolute Gasteiger partial charge is 0.326 e. The van der Waals surface area contributed by atoms with Crippen molar-refractivity contribution in [3.8, 4) is 0 Å². The summed E-state index contributed by atoms with van der Waals surface area (Å²) in [5.41, 5.74) is 4.59. The van der Waals surface area contributed by atoms with E-state index < -0.39 is 0 Å². The normalized spacial score (nSPS) is 15.5. The predicted octanol–water partition coefficient (Wildman–Crippen LogP) is 0.588. The molecule has 2 heteroatoms. The Morgan fingerprint density at radius 1 is 1.62 bits per heavy atom. The fourth-order valence-electron chi connectivity index (χ4n) is 1.08. The van der Waals surface area contributed by atoms with E-state index in [1.54, 1.807) is 0 Å². The van der Waals surface area contributed by atoms with Crippen molar-refractivity contribution < 1.29 is 0 Å². The Labute approximate surface area is 48.1 Å². The van der Waals surface area contributed by atoms with Gasteiger partial charge in [0.05, 0.1) is 0 Å². The Hall–Kier alpha value is -0.920. The van der Waals surface area contributed by atoms with Crippen LogP contribution in [0.1, 0.15) is 5.69 Å². The average Bonchev–Trinajstić information content (AvgIpc) is 2.15. The Kier molecular flexibility index (Phi) is 0.640. The zero-order valence-corrected chi connectivity index (χ0v) is 4.59. The Bertz CT molecular complexity index is 172. The molecule has 0 aromatic carbocycles. The second-order valence-corrected chi connectivity index (χ2v) is 2.03. The van der Waals surface area contributed by atoms with Gasteiger partial charge in [0.1, 0.15) is 0 Å². The molecular formula is C6H8N2. The quantitative estimate of drug-likeness (QED) is 0.514. The second kappa shape index (κ2) is 1.28. The first-order chi connectivity index (χ1) is 3.97. The third kappa shape index (κ3) is 0.372. The molecule has 0 aliphatic carbocycles. The number of nitrogens with zero attached hydrogens (tertiary/aromatic N) is 1. The fraction of sp³-hybridized carbons (Fsp3) is 0.333. The first-order valence-electron chi connectivity index (χ1n) is 2.87. The molecule has 42 valence electrons. The van der Waals surface area contributed by atoms with Gasteiger partial charge in [-0.15, -0.1) is 0 Å². The number of rotatable bonds is 0. The lowest BCUT2D eigenvalue weighted by Crippen LogP contribution is -2.05. The Morgan fingerprint density at radius 3 is 3.50 bits per heavy atom. The van der Waals surface area contributed by atoms with E-state index in [2.05, 4.69) is 22.2 Å². The van der Waals surface area contributed by atoms with E-state index in [1.807, 2.05) is 6.20 Å². The van der Waals surface area contributed by atoms with Crippen molar-refractivity contribution in [1.82, 2.24) is 4.68 Å². The molecule has 0 bridgehead atoms. The maximum absolute atomic E-state index is 3.20. The molecule has 0 radical (unpaired) electrons. The van der Waals surface area contributed by atoms with Crippen molar-refractivity contribution in [3.63, 3.8) is 0 Å². The summed E-state index contributed by atoms with van der Waals surface area (Å²) in [5, 5.41) is 0. The van der Waals surface area contributed by atoms with Crippen LogP contribution in [0.3, 0.4) is 0 Å². The molecule has 0 saturated carbocycles. The number of hydrogen-bond acceptors (Lipinski definition) is 1. The second-order valence-electron chi connectivity index (χ2n) is 2.03. The van der Waals surface area contributed by atoms with Crippen molar-refractivity contribution in [1.29, 1.82) is 0 Å². The van der Waals surface area contributed by atoms with Gasteiger partial charge in [-0.05, 0) is 12.1 Å². The molecule has 0 amide bonds. The van der Waals surface area contributed by atoms with E-state index in [-0.39, 0.29) is 0 Å². The minimum atomic E-state index is 1.09. The van der Waals surface area contributed by atoms with Gasteiger partial charge in [0.15, 0.2) is 0 Å². The van der Waals surface area contributed by atoms with Crippen LogP contribution in [0.25, 0.3) is 0 Å². The highest BCUT2D eigenvalue weighted by Crippen LogP contribution is 2.05. The van der Waals surface area contributed by atoms with Gasteiger partial charge in [-0.2, -0.15) is 0 Å². The molecule has 1 N–H and O–H groups in total. The minimum absolute atomic E-state index is 1.09. The van der Waals surface area contributed by atoms with Crippen LogP contribution in [0.5, 0.6) is 0 Å². The van der Waals surface area contributed by atoms with Crippen LogP contribution in [-0.2, 0) is 6.42 Å². The third-order valence-corrected chi connectivity index (χ3v) is 1.50. The minimum Gasteiger partial charge on any atom is -0.326 e. The number of fused-ring (bicyclic) bond motifs is 1. The highest BCUT2D eigenvalue weighted by atomic mass is 15.4. The first kappa shape index (κ1) is 4.01. The van der Waals surface area contributed by atoms with Crippen LogP contribution in [0, 0.1) is 0 Å². The highest BCUT2D eigenvalue weighted by Gasteiger charge is 2.04. The van der Waals surface area contributed by atoms with Crippen molar-refractivity contribution in [2.24, 2.45) is 0 Å². The lowest BCUT2D eigenvalue weighted by Gasteiger charge is -1.94. The number of nitrogens with one attached hydrogen (secondary N) is 1. The van der Waals surface area contributed by atoms with E-state index >= 15 is 0 Å². The SMILES string of the molecule is c1cc2n(c1)NCC2. The molecule has 0 spiro atoms. The molecular weight excluding hydrogens is 100 g/mol. The van der Waals surface area contributed by atoms with Crippen LogP contribution >= 0.6 is 0 Å². The van der Waals surface area contributed by atoms with Crippen molar-refractivity contribution in [2.45, 2.75) is 6.42 Å². The van der Waals surface area contributed by atoms with Gasteiger partial charge in [0, 0.05) is 24.9 Å². The topological polar surface area (TPSA) is 17.0 Å². The lowest BCUT2D eigenvalue weighted by molar-refractivity contribution is 0.948. The van der Waals surface area contributed by atoms with Gasteiger partial charge in [0.2, 0.25) is 0 Å². The molecule has 1 aromatic rings. The summed E-state index contributed by atoms with van der Waals surface area (Å²) in [6.45, 7) is 1.09. The van der Waals surface area contributed by atoms with Crippen LogP contribution in [0.2, 0.25) is 0 Å². The highest BCUT2D eigenvalue weighted by molar-refractivity contribution is 5.13. The zero-order chi connectivity index (χ0) is 5.40. The summed E-state index contributed by atoms with van der Waals surface area (Å²) in [4.78, 5) is 0. The van der Waals surface area contributed by atoms with Crippen molar-refractivity contribution >= 4 is 0 Å². The van der Waals surface area contributed by atoms with Gasteiger partial charge in [-0.3, -0.25) is 4.68 Å². The van der Waals surface area contributed by atoms with Gasteiger partial charge < -0.3 is 5.43 Å². The smallest absolute Gasteiger partial charge is 0.0412 e. The van der Waals surface area contributed by atoms with Gasteiger partial charge in [-0.1, -0.05) is 0 Å². The molecule has 2 heterocycles. The Balaban J connectivity index is 2.54. The maximum atomic E-state index is 3.20. The molecule has 8 heavy (non-hydrogen) atoms. The van der Waals surface area contributed by atoms with E-state index in [9.17, 15) is 0 Å². The van der Waals surface area contributed by atoms with Crippen LogP contribution in [-0.4, -0.2) is 11.2 Å². The van der Waals surface area contributed by atoms with Crippen LogP contribution in [0.4, 0.5) is 0 Å². The van der Waals surface area contributed by atoms with E-state index in [0.717, 1.165) is 6.54 Å². The number of hydrogen-bond donors (Lipinski definition) is 1. The van der Waals surface area contributed by atoms with E-state index in [0.29, 0.717) is 0 Å². The third-order valence-electron chi connectivity index (χ3n) is 1.50. The standard InChI is InChI=1S/C6H8N2/c1-2-6-3-4-7-8(6)5-1/h1-2,5,7H,3-4H2. The number of aromatic nitrogens is 1. The molecule has 2 nitrogen and oxygen atoms in total. The zero-order valence-electron chi connectivity index (χ0n) is 4.59. The van der Waals surface area contributed by atoms with Crippen LogP contribution < -0.4 is 5.43 Å². The predicted molar refractivity (Wildman–Crippen MR) is 32.4 cm³/mol. The summed E-state index contributed by atoms with van der Waals surface area (Å²) < 4.78 is 2.07. The summed E-state index contributed by atoms with van der Waals surface area (Å²) in [5.74, 6) is 0. The Morgan fingerprint density at radius 2 is 2.62 bits per heavy atom. The lowest BCUT2D eigenvalue weighted by atomic mass is 10.3. The molecule has 2 rings (SSSR count). The summed E-state index contributed by atoms with van der Waals surface area (Å²) >= 11 is 0. The van der Waals surface area contributed by atoms with Crippen molar-refractivity contribution in [3.05, 3.63) is 24.0 Å². The molecule has 0 saturated heterocycles. The molecule has 1 aliphatic heterocycles. The van der Waals surface area contributed by atoms with E-state index in [1.165, 1.54) is 12.1 Å². The molecule has 0 unspecified atom stereocenters. The maximum Gasteiger partial charge on any atom is 0.0412 e. The summed E-state index contributed by atoms with van der Waals surface area (Å²) in [7, 11) is 0. The molecule has 1 aliphatic rings. The van der Waals surface area contributed by atoms with E-state index in [4.69, 9.17) is 0 Å². The fourth-order valence-corrected chi connectivity index (χ4v) is 1.08. The summed E-state index contributed by atoms with van der Waals surface area (Å²) in [6.07, 6.45) is 3.22. The molecule has 1 aromatic heterocycles.